The second kappa shape index (κ2) is 8.56. The highest BCUT2D eigenvalue weighted by atomic mass is 16.6. The first-order valence-electron chi connectivity index (χ1n) is 11.1. The van der Waals surface area contributed by atoms with E-state index in [1.807, 2.05) is 30.3 Å². The first kappa shape index (κ1) is 19.8. The molecule has 1 spiro atoms. The Labute approximate surface area is 183 Å². The van der Waals surface area contributed by atoms with E-state index < -0.39 is 0 Å². The SMILES string of the molecule is COc1cccc(-c2ccc3c(c2)C2(CCCCC2)C(NOCc2ccccc2)=N3)c1. The lowest BCUT2D eigenvalue weighted by Gasteiger charge is -2.35. The Kier molecular flexibility index (Phi) is 5.47. The number of amidine groups is 1. The zero-order valence-electron chi connectivity index (χ0n) is 17.9. The highest BCUT2D eigenvalue weighted by Gasteiger charge is 2.44. The summed E-state index contributed by atoms with van der Waals surface area (Å²) in [6.07, 6.45) is 5.90. The van der Waals surface area contributed by atoms with E-state index in [4.69, 9.17) is 14.6 Å². The Bertz CT molecular complexity index is 1090. The number of hydrogen-bond acceptors (Lipinski definition) is 4. The first-order chi connectivity index (χ1) is 15.3. The van der Waals surface area contributed by atoms with E-state index in [1.165, 1.54) is 30.4 Å². The van der Waals surface area contributed by atoms with Crippen molar-refractivity contribution in [3.05, 3.63) is 83.9 Å². The number of benzene rings is 3. The largest absolute Gasteiger partial charge is 0.497 e. The van der Waals surface area contributed by atoms with E-state index in [2.05, 4.69) is 47.9 Å². The number of ether oxygens (including phenoxy) is 1. The van der Waals surface area contributed by atoms with Crippen LogP contribution in [0.3, 0.4) is 0 Å². The predicted octanol–water partition coefficient (Wildman–Crippen LogP) is 6.33. The van der Waals surface area contributed by atoms with Crippen molar-refractivity contribution < 1.29 is 9.57 Å². The molecule has 3 aromatic rings. The summed E-state index contributed by atoms with van der Waals surface area (Å²) in [5.74, 6) is 1.83. The van der Waals surface area contributed by atoms with Gasteiger partial charge in [-0.1, -0.05) is 67.8 Å². The van der Waals surface area contributed by atoms with Gasteiger partial charge in [0, 0.05) is 0 Å². The summed E-state index contributed by atoms with van der Waals surface area (Å²) in [4.78, 5) is 10.9. The number of methoxy groups -OCH3 is 1. The van der Waals surface area contributed by atoms with Gasteiger partial charge in [0.25, 0.3) is 0 Å². The molecule has 1 fully saturated rings. The predicted molar refractivity (Wildman–Crippen MR) is 125 cm³/mol. The van der Waals surface area contributed by atoms with Crippen LogP contribution in [0.4, 0.5) is 5.69 Å². The fourth-order valence-electron chi connectivity index (χ4n) is 4.90. The van der Waals surface area contributed by atoms with E-state index in [1.54, 1.807) is 7.11 Å². The summed E-state index contributed by atoms with van der Waals surface area (Å²) in [6, 6.07) is 25.1. The summed E-state index contributed by atoms with van der Waals surface area (Å²) in [5, 5.41) is 0. The lowest BCUT2D eigenvalue weighted by Crippen LogP contribution is -2.43. The summed E-state index contributed by atoms with van der Waals surface area (Å²) in [7, 11) is 1.71. The molecule has 1 N–H and O–H groups in total. The third-order valence-corrected chi connectivity index (χ3v) is 6.56. The summed E-state index contributed by atoms with van der Waals surface area (Å²) in [5.41, 5.74) is 9.04. The van der Waals surface area contributed by atoms with Gasteiger partial charge in [0.2, 0.25) is 0 Å². The van der Waals surface area contributed by atoms with Crippen molar-refractivity contribution >= 4 is 11.5 Å². The van der Waals surface area contributed by atoms with Crippen LogP contribution in [0.25, 0.3) is 11.1 Å². The lowest BCUT2D eigenvalue weighted by molar-refractivity contribution is 0.0656. The molecule has 0 atom stereocenters. The molecule has 2 aliphatic rings. The number of fused-ring (bicyclic) bond motifs is 2. The topological polar surface area (TPSA) is 42.8 Å². The summed E-state index contributed by atoms with van der Waals surface area (Å²) >= 11 is 0. The fraction of sp³-hybridized carbons (Fsp3) is 0.296. The van der Waals surface area contributed by atoms with Gasteiger partial charge in [-0.2, -0.15) is 0 Å². The highest BCUT2D eigenvalue weighted by molar-refractivity contribution is 6.00. The maximum Gasteiger partial charge on any atom is 0.137 e. The maximum absolute atomic E-state index is 5.91. The molecule has 0 aromatic heterocycles. The number of rotatable bonds is 5. The zero-order chi connectivity index (χ0) is 21.1. The van der Waals surface area contributed by atoms with Gasteiger partial charge in [-0.3, -0.25) is 10.3 Å². The van der Waals surface area contributed by atoms with Crippen molar-refractivity contribution in [3.63, 3.8) is 0 Å². The average Bonchev–Trinajstić information content (AvgIpc) is 3.12. The molecule has 158 valence electrons. The van der Waals surface area contributed by atoms with Crippen LogP contribution in [0.1, 0.15) is 43.2 Å². The van der Waals surface area contributed by atoms with Crippen molar-refractivity contribution in [2.24, 2.45) is 4.99 Å². The smallest absolute Gasteiger partial charge is 0.137 e. The molecule has 4 heteroatoms. The quantitative estimate of drug-likeness (QED) is 0.498. The number of hydroxylamine groups is 1. The highest BCUT2D eigenvalue weighted by Crippen LogP contribution is 2.49. The third kappa shape index (κ3) is 3.84. The summed E-state index contributed by atoms with van der Waals surface area (Å²) in [6.45, 7) is 0.515. The molecule has 4 nitrogen and oxygen atoms in total. The van der Waals surface area contributed by atoms with Crippen molar-refractivity contribution in [2.75, 3.05) is 7.11 Å². The van der Waals surface area contributed by atoms with E-state index in [9.17, 15) is 0 Å². The summed E-state index contributed by atoms with van der Waals surface area (Å²) < 4.78 is 5.43. The van der Waals surface area contributed by atoms with E-state index in [0.29, 0.717) is 6.61 Å². The monoisotopic (exact) mass is 412 g/mol. The van der Waals surface area contributed by atoms with Gasteiger partial charge >= 0.3 is 0 Å². The molecular weight excluding hydrogens is 384 g/mol. The van der Waals surface area contributed by atoms with Gasteiger partial charge in [-0.05, 0) is 59.4 Å². The molecule has 1 aliphatic carbocycles. The van der Waals surface area contributed by atoms with Crippen LogP contribution < -0.4 is 10.2 Å². The van der Waals surface area contributed by atoms with E-state index >= 15 is 0 Å². The van der Waals surface area contributed by atoms with Crippen molar-refractivity contribution in [1.29, 1.82) is 0 Å². The Morgan fingerprint density at radius 2 is 1.68 bits per heavy atom. The van der Waals surface area contributed by atoms with E-state index in [0.717, 1.165) is 41.2 Å². The molecule has 1 saturated carbocycles. The minimum absolute atomic E-state index is 0.0842. The molecule has 5 rings (SSSR count). The number of nitrogens with one attached hydrogen (secondary N) is 1. The molecule has 0 bridgehead atoms. The minimum Gasteiger partial charge on any atom is -0.497 e. The van der Waals surface area contributed by atoms with Crippen LogP contribution in [-0.4, -0.2) is 12.9 Å². The van der Waals surface area contributed by atoms with Crippen LogP contribution in [0.2, 0.25) is 0 Å². The molecular formula is C27H28N2O2. The lowest BCUT2D eigenvalue weighted by atomic mass is 9.69. The molecule has 1 aliphatic heterocycles. The van der Waals surface area contributed by atoms with Crippen LogP contribution >= 0.6 is 0 Å². The molecule has 0 amide bonds. The molecule has 1 heterocycles. The Hall–Kier alpha value is -3.11. The molecule has 3 aromatic carbocycles. The second-order valence-corrected chi connectivity index (χ2v) is 8.44. The van der Waals surface area contributed by atoms with Gasteiger partial charge in [0.05, 0.1) is 24.8 Å². The van der Waals surface area contributed by atoms with Crippen LogP contribution in [0, 0.1) is 0 Å². The average molecular weight is 413 g/mol. The van der Waals surface area contributed by atoms with Crippen molar-refractivity contribution in [3.8, 4) is 16.9 Å². The van der Waals surface area contributed by atoms with Crippen molar-refractivity contribution in [1.82, 2.24) is 5.48 Å². The Morgan fingerprint density at radius 1 is 0.871 bits per heavy atom. The van der Waals surface area contributed by atoms with Crippen LogP contribution in [0.5, 0.6) is 5.75 Å². The van der Waals surface area contributed by atoms with Crippen LogP contribution in [-0.2, 0) is 16.9 Å². The Morgan fingerprint density at radius 3 is 2.48 bits per heavy atom. The number of aliphatic imine (C=N–C) groups is 1. The first-order valence-corrected chi connectivity index (χ1v) is 11.1. The van der Waals surface area contributed by atoms with Gasteiger partial charge in [-0.15, -0.1) is 0 Å². The Balaban J connectivity index is 1.43. The molecule has 0 radical (unpaired) electrons. The number of hydrogen-bond donors (Lipinski definition) is 1. The van der Waals surface area contributed by atoms with Gasteiger partial charge in [0.15, 0.2) is 0 Å². The molecule has 31 heavy (non-hydrogen) atoms. The van der Waals surface area contributed by atoms with Gasteiger partial charge in [-0.25, -0.2) is 4.99 Å². The normalized spacial score (nSPS) is 16.6. The van der Waals surface area contributed by atoms with Gasteiger partial charge < -0.3 is 4.74 Å². The van der Waals surface area contributed by atoms with Crippen LogP contribution in [0.15, 0.2) is 77.8 Å². The van der Waals surface area contributed by atoms with Gasteiger partial charge in [0.1, 0.15) is 11.6 Å². The second-order valence-electron chi connectivity index (χ2n) is 8.44. The standard InChI is InChI=1S/C27H28N2O2/c1-30-23-12-8-11-21(17-23)22-13-14-25-24(18-22)27(15-6-3-7-16-27)26(28-25)29-31-19-20-9-4-2-5-10-20/h2,4-5,8-14,17-18H,3,6-7,15-16,19H2,1H3,(H,28,29). The minimum atomic E-state index is -0.0842. The van der Waals surface area contributed by atoms with Crippen molar-refractivity contribution in [2.45, 2.75) is 44.1 Å². The maximum atomic E-state index is 5.91. The molecule has 0 saturated heterocycles. The van der Waals surface area contributed by atoms with E-state index in [-0.39, 0.29) is 5.41 Å². The molecule has 0 unspecified atom stereocenters. The third-order valence-electron chi connectivity index (χ3n) is 6.56. The fourth-order valence-corrected chi connectivity index (χ4v) is 4.90. The number of nitrogens with zero attached hydrogens (tertiary/aromatic N) is 1. The zero-order valence-corrected chi connectivity index (χ0v) is 17.9.